The van der Waals surface area contributed by atoms with Gasteiger partial charge in [0.15, 0.2) is 0 Å². The van der Waals surface area contributed by atoms with Crippen LogP contribution in [0.4, 0.5) is 8.78 Å². The van der Waals surface area contributed by atoms with Crippen LogP contribution in [0.5, 0.6) is 0 Å². The fourth-order valence-electron chi connectivity index (χ4n) is 2.37. The number of nitrogens with two attached hydrogens (primary N) is 1. The maximum Gasteiger partial charge on any atom is 0.395 e. The van der Waals surface area contributed by atoms with Crippen molar-refractivity contribution in [1.82, 2.24) is 0 Å². The molecule has 2 N–H and O–H groups in total. The van der Waals surface area contributed by atoms with Crippen LogP contribution in [0.2, 0.25) is 0 Å². The van der Waals surface area contributed by atoms with E-state index in [-0.39, 0.29) is 24.1 Å². The fourth-order valence-corrected chi connectivity index (χ4v) is 2.37. The molecule has 0 spiro atoms. The third kappa shape index (κ3) is 2.34. The van der Waals surface area contributed by atoms with E-state index in [1.54, 1.807) is 0 Å². The number of allylic oxidation sites excluding steroid dienone is 3. The molecule has 1 atom stereocenters. The predicted molar refractivity (Wildman–Crippen MR) is 68.8 cm³/mol. The average molecular weight is 283 g/mol. The van der Waals surface area contributed by atoms with Gasteiger partial charge in [-0.1, -0.05) is 0 Å². The monoisotopic (exact) mass is 283 g/mol. The molecule has 1 unspecified atom stereocenters. The van der Waals surface area contributed by atoms with Gasteiger partial charge in [0.05, 0.1) is 11.4 Å². The molecule has 3 aliphatic rings. The summed E-state index contributed by atoms with van der Waals surface area (Å²) in [6.45, 7) is 0.609. The second-order valence-electron chi connectivity index (χ2n) is 5.36. The van der Waals surface area contributed by atoms with E-state index in [1.807, 2.05) is 0 Å². The highest BCUT2D eigenvalue weighted by Crippen LogP contribution is 2.41. The van der Waals surface area contributed by atoms with Gasteiger partial charge in [-0.05, 0) is 25.0 Å². The molecule has 2 aliphatic heterocycles. The maximum absolute atomic E-state index is 13.0. The normalized spacial score (nSPS) is 29.8. The van der Waals surface area contributed by atoms with Crippen molar-refractivity contribution in [3.63, 3.8) is 0 Å². The van der Waals surface area contributed by atoms with E-state index in [1.165, 1.54) is 18.4 Å². The van der Waals surface area contributed by atoms with Gasteiger partial charge in [-0.3, -0.25) is 4.65 Å². The predicted octanol–water partition coefficient (Wildman–Crippen LogP) is 2.33. The highest BCUT2D eigenvalue weighted by Gasteiger charge is 2.41. The van der Waals surface area contributed by atoms with E-state index < -0.39 is 10.8 Å². The van der Waals surface area contributed by atoms with E-state index in [0.717, 1.165) is 12.8 Å². The average Bonchev–Trinajstić information content (AvgIpc) is 3.09. The van der Waals surface area contributed by atoms with Crippen LogP contribution in [0.25, 0.3) is 0 Å². The minimum Gasteiger partial charge on any atom is -0.621 e. The first-order valence-electron chi connectivity index (χ1n) is 6.42. The first-order valence-corrected chi connectivity index (χ1v) is 6.42. The van der Waals surface area contributed by atoms with Crippen LogP contribution in [-0.2, 0) is 4.74 Å². The largest absolute Gasteiger partial charge is 0.621 e. The van der Waals surface area contributed by atoms with E-state index >= 15 is 0 Å². The molecule has 1 aliphatic carbocycles. The van der Waals surface area contributed by atoms with Gasteiger partial charge >= 0.3 is 6.11 Å². The van der Waals surface area contributed by atoms with Gasteiger partial charge in [0, 0.05) is 12.8 Å². The second-order valence-corrected chi connectivity index (χ2v) is 5.36. The molecular formula is C13H15F2N3O2. The summed E-state index contributed by atoms with van der Waals surface area (Å²) in [5.74, 6) is -0.00341. The van der Waals surface area contributed by atoms with Crippen LogP contribution in [0, 0.1) is 11.1 Å². The number of amidine groups is 1. The van der Waals surface area contributed by atoms with Gasteiger partial charge in [-0.2, -0.15) is 13.8 Å². The van der Waals surface area contributed by atoms with Crippen LogP contribution in [0.3, 0.4) is 0 Å². The van der Waals surface area contributed by atoms with Crippen LogP contribution >= 0.6 is 0 Å². The number of nitrogens with zero attached hydrogens (tertiary/aromatic N) is 2. The summed E-state index contributed by atoms with van der Waals surface area (Å²) in [6, 6.07) is 0. The molecule has 108 valence electrons. The number of hydrogen-bond acceptors (Lipinski definition) is 4. The van der Waals surface area contributed by atoms with Crippen LogP contribution in [0.15, 0.2) is 40.5 Å². The molecular weight excluding hydrogens is 268 g/mol. The maximum atomic E-state index is 13.0. The number of ether oxygens (including phenoxy) is 1. The van der Waals surface area contributed by atoms with Gasteiger partial charge in [0.1, 0.15) is 12.7 Å². The van der Waals surface area contributed by atoms with E-state index in [4.69, 9.17) is 5.73 Å². The summed E-state index contributed by atoms with van der Waals surface area (Å²) >= 11 is 0. The minimum atomic E-state index is -3.36. The van der Waals surface area contributed by atoms with Gasteiger partial charge < -0.3 is 15.7 Å². The molecule has 1 fully saturated rings. The van der Waals surface area contributed by atoms with Crippen molar-refractivity contribution >= 4 is 5.84 Å². The lowest BCUT2D eigenvalue weighted by Gasteiger charge is -2.42. The van der Waals surface area contributed by atoms with Crippen LogP contribution < -0.4 is 5.73 Å². The Morgan fingerprint density at radius 2 is 2.20 bits per heavy atom. The number of halogens is 2. The molecule has 20 heavy (non-hydrogen) atoms. The highest BCUT2D eigenvalue weighted by molar-refractivity contribution is 5.94. The van der Waals surface area contributed by atoms with Crippen molar-refractivity contribution in [3.8, 4) is 0 Å². The lowest BCUT2D eigenvalue weighted by Crippen LogP contribution is -2.50. The van der Waals surface area contributed by atoms with E-state index in [0.29, 0.717) is 18.3 Å². The van der Waals surface area contributed by atoms with Crippen molar-refractivity contribution in [2.24, 2.45) is 16.6 Å². The van der Waals surface area contributed by atoms with Crippen LogP contribution in [0.1, 0.15) is 19.8 Å². The first kappa shape index (κ1) is 13.3. The summed E-state index contributed by atoms with van der Waals surface area (Å²) < 4.78 is 29.7. The Bertz CT molecular complexity index is 571. The Labute approximate surface area is 114 Å². The summed E-state index contributed by atoms with van der Waals surface area (Å²) in [7, 11) is 0. The quantitative estimate of drug-likeness (QED) is 0.638. The smallest absolute Gasteiger partial charge is 0.395 e. The second kappa shape index (κ2) is 4.13. The third-order valence-electron chi connectivity index (χ3n) is 3.37. The van der Waals surface area contributed by atoms with Crippen LogP contribution in [-0.4, -0.2) is 23.1 Å². The zero-order valence-electron chi connectivity index (χ0n) is 11.0. The number of alkyl halides is 2. The van der Waals surface area contributed by atoms with Gasteiger partial charge in [0.25, 0.3) is 5.84 Å². The molecule has 7 heteroatoms. The van der Waals surface area contributed by atoms with E-state index in [9.17, 15) is 14.0 Å². The summed E-state index contributed by atoms with van der Waals surface area (Å²) in [6.07, 6.45) is 2.61. The Hall–Kier alpha value is -1.73. The third-order valence-corrected chi connectivity index (χ3v) is 3.37. The molecule has 2 heterocycles. The highest BCUT2D eigenvalue weighted by atomic mass is 19.3. The zero-order valence-corrected chi connectivity index (χ0v) is 11.0. The van der Waals surface area contributed by atoms with Crippen molar-refractivity contribution in [2.45, 2.75) is 25.9 Å². The number of fused-ring (bicyclic) bond motifs is 1. The van der Waals surface area contributed by atoms with Gasteiger partial charge in [-0.15, -0.1) is 0 Å². The molecule has 0 amide bonds. The number of rotatable bonds is 3. The number of hydrogen-bond donors (Lipinski definition) is 1. The minimum absolute atomic E-state index is 0.0167. The summed E-state index contributed by atoms with van der Waals surface area (Å²) in [4.78, 5) is 4.24. The van der Waals surface area contributed by atoms with Crippen molar-refractivity contribution in [2.75, 3.05) is 6.54 Å². The van der Waals surface area contributed by atoms with Gasteiger partial charge in [-0.25, -0.2) is 0 Å². The molecule has 0 radical (unpaired) electrons. The van der Waals surface area contributed by atoms with E-state index in [2.05, 4.69) is 9.73 Å². The Morgan fingerprint density at radius 3 is 2.80 bits per heavy atom. The van der Waals surface area contributed by atoms with Crippen molar-refractivity contribution < 1.29 is 18.2 Å². The van der Waals surface area contributed by atoms with Crippen molar-refractivity contribution in [1.29, 1.82) is 0 Å². The van der Waals surface area contributed by atoms with Gasteiger partial charge in [0.2, 0.25) is 5.76 Å². The molecule has 0 aromatic rings. The Morgan fingerprint density at radius 1 is 1.50 bits per heavy atom. The molecule has 5 nitrogen and oxygen atoms in total. The Balaban J connectivity index is 1.99. The molecule has 0 aromatic carbocycles. The summed E-state index contributed by atoms with van der Waals surface area (Å²) in [5, 5.41) is 12.6. The lowest BCUT2D eigenvalue weighted by atomic mass is 10.1. The number of quaternary nitrogens is 1. The topological polar surface area (TPSA) is 70.7 Å². The standard InChI is InChI=1S/C13H15F2N3O2/c1-13(14,15)20-10-3-2-6-18(19)7-9(16)11(8-4-5-8)17-12(10)18/h2-3,6,8H,4-5,7,16H2,1H3. The molecule has 0 bridgehead atoms. The Kier molecular flexibility index (Phi) is 2.74. The lowest BCUT2D eigenvalue weighted by molar-refractivity contribution is -0.729. The molecule has 3 rings (SSSR count). The molecule has 1 saturated carbocycles. The summed E-state index contributed by atoms with van der Waals surface area (Å²) in [5.41, 5.74) is 6.98. The number of aliphatic imine (C=N–C) groups is 1. The molecule has 0 saturated heterocycles. The SMILES string of the molecule is CC(F)(F)OC1=CC=C[N+]2([O-])CC(N)=C(C3CC3)N=C12. The molecule has 0 aromatic heterocycles. The number of hydroxylamine groups is 3. The fraction of sp³-hybridized carbons (Fsp3) is 0.462. The first-order chi connectivity index (χ1) is 9.28. The zero-order chi connectivity index (χ0) is 14.5. The van der Waals surface area contributed by atoms with Crippen molar-refractivity contribution in [3.05, 3.63) is 40.7 Å².